The highest BCUT2D eigenvalue weighted by atomic mass is 32.2. The minimum absolute atomic E-state index is 0.00738. The van der Waals surface area contributed by atoms with Crippen LogP contribution in [0.15, 0.2) is 41.3 Å². The molecule has 0 radical (unpaired) electrons. The van der Waals surface area contributed by atoms with Gasteiger partial charge in [-0.05, 0) is 31.4 Å². The molecule has 0 atom stereocenters. The molecule has 2 aromatic carbocycles. The molecule has 0 spiro atoms. The molecule has 0 aromatic heterocycles. The summed E-state index contributed by atoms with van der Waals surface area (Å²) in [5.41, 5.74) is 0.851. The average Bonchev–Trinajstić information content (AvgIpc) is 2.48. The van der Waals surface area contributed by atoms with E-state index in [4.69, 9.17) is 4.74 Å². The van der Waals surface area contributed by atoms with Crippen molar-refractivity contribution >= 4 is 17.4 Å². The lowest BCUT2D eigenvalue weighted by molar-refractivity contribution is -0.385. The number of hydrogen-bond donors (Lipinski definition) is 0. The minimum atomic E-state index is -0.453. The number of nitro groups is 1. The molecule has 0 heterocycles. The number of benzene rings is 2. The van der Waals surface area contributed by atoms with Gasteiger partial charge in [0.1, 0.15) is 23.1 Å². The van der Waals surface area contributed by atoms with E-state index in [-0.39, 0.29) is 5.69 Å². The quantitative estimate of drug-likeness (QED) is 0.478. The van der Waals surface area contributed by atoms with Crippen molar-refractivity contribution in [2.24, 2.45) is 0 Å². The summed E-state index contributed by atoms with van der Waals surface area (Å²) in [6.07, 6.45) is 1.87. The Kier molecular flexibility index (Phi) is 4.45. The van der Waals surface area contributed by atoms with Crippen LogP contribution in [0.3, 0.4) is 0 Å². The summed E-state index contributed by atoms with van der Waals surface area (Å²) in [4.78, 5) is 11.3. The van der Waals surface area contributed by atoms with Gasteiger partial charge in [-0.25, -0.2) is 0 Å². The van der Waals surface area contributed by atoms with Crippen LogP contribution >= 0.6 is 11.8 Å². The maximum Gasteiger partial charge on any atom is 0.276 e. The van der Waals surface area contributed by atoms with Crippen LogP contribution in [-0.4, -0.2) is 11.2 Å². The molecular formula is C15H12N2O3S. The smallest absolute Gasteiger partial charge is 0.276 e. The average molecular weight is 300 g/mol. The normalized spacial score (nSPS) is 9.95. The zero-order chi connectivity index (χ0) is 15.4. The Balaban J connectivity index is 2.47. The van der Waals surface area contributed by atoms with Gasteiger partial charge in [-0.2, -0.15) is 5.26 Å². The zero-order valence-corrected chi connectivity index (χ0v) is 12.3. The molecule has 0 N–H and O–H groups in total. The van der Waals surface area contributed by atoms with Crippen LogP contribution in [0.4, 0.5) is 5.69 Å². The summed E-state index contributed by atoms with van der Waals surface area (Å²) < 4.78 is 5.72. The van der Waals surface area contributed by atoms with E-state index in [0.29, 0.717) is 22.6 Å². The fraction of sp³-hybridized carbons (Fsp3) is 0.133. The highest BCUT2D eigenvalue weighted by Crippen LogP contribution is 2.35. The first-order chi connectivity index (χ1) is 10.1. The van der Waals surface area contributed by atoms with Crippen molar-refractivity contribution in [2.45, 2.75) is 11.8 Å². The minimum Gasteiger partial charge on any atom is -0.455 e. The largest absolute Gasteiger partial charge is 0.455 e. The predicted molar refractivity (Wildman–Crippen MR) is 80.8 cm³/mol. The standard InChI is InChI=1S/C15H12N2O3S/c1-10-12(17(18)19)5-3-6-13(10)20-14-7-4-8-15(21-2)11(14)9-16/h3-8H,1-2H3. The van der Waals surface area contributed by atoms with E-state index in [1.54, 1.807) is 31.2 Å². The Labute approximate surface area is 126 Å². The monoisotopic (exact) mass is 300 g/mol. The fourth-order valence-electron chi connectivity index (χ4n) is 1.91. The van der Waals surface area contributed by atoms with Crippen LogP contribution in [-0.2, 0) is 0 Å². The van der Waals surface area contributed by atoms with E-state index in [2.05, 4.69) is 6.07 Å². The van der Waals surface area contributed by atoms with E-state index in [9.17, 15) is 15.4 Å². The molecule has 6 heteroatoms. The fourth-order valence-corrected chi connectivity index (χ4v) is 2.47. The predicted octanol–water partition coefficient (Wildman–Crippen LogP) is 4.29. The molecule has 21 heavy (non-hydrogen) atoms. The van der Waals surface area contributed by atoms with Crippen molar-refractivity contribution in [3.63, 3.8) is 0 Å². The van der Waals surface area contributed by atoms with Gasteiger partial charge >= 0.3 is 0 Å². The van der Waals surface area contributed by atoms with Gasteiger partial charge in [0.25, 0.3) is 5.69 Å². The molecule has 0 unspecified atom stereocenters. The molecule has 0 aliphatic carbocycles. The first kappa shape index (κ1) is 14.9. The Bertz CT molecular complexity index is 738. The van der Waals surface area contributed by atoms with Gasteiger partial charge in [-0.1, -0.05) is 12.1 Å². The van der Waals surface area contributed by atoms with Crippen molar-refractivity contribution in [3.05, 3.63) is 57.6 Å². The molecule has 0 bridgehead atoms. The summed E-state index contributed by atoms with van der Waals surface area (Å²) in [6.45, 7) is 1.62. The van der Waals surface area contributed by atoms with Gasteiger partial charge in [0.15, 0.2) is 0 Å². The SMILES string of the molecule is CSc1cccc(Oc2cccc([N+](=O)[O-])c2C)c1C#N. The molecule has 2 aromatic rings. The number of nitrogens with zero attached hydrogens (tertiary/aromatic N) is 2. The van der Waals surface area contributed by atoms with Crippen LogP contribution in [0.25, 0.3) is 0 Å². The summed E-state index contributed by atoms with van der Waals surface area (Å²) in [6, 6.07) is 12.0. The summed E-state index contributed by atoms with van der Waals surface area (Å²) >= 11 is 1.45. The maximum absolute atomic E-state index is 10.9. The topological polar surface area (TPSA) is 76.2 Å². The molecule has 0 saturated heterocycles. The number of nitriles is 1. The molecule has 2 rings (SSSR count). The summed E-state index contributed by atoms with van der Waals surface area (Å²) in [7, 11) is 0. The van der Waals surface area contributed by atoms with Crippen molar-refractivity contribution in [1.29, 1.82) is 5.26 Å². The first-order valence-electron chi connectivity index (χ1n) is 6.07. The Hall–Kier alpha value is -2.52. The van der Waals surface area contributed by atoms with Gasteiger partial charge in [0.05, 0.1) is 10.5 Å². The molecule has 5 nitrogen and oxygen atoms in total. The molecule has 0 aliphatic heterocycles. The number of thioether (sulfide) groups is 1. The van der Waals surface area contributed by atoms with Crippen LogP contribution in [0.2, 0.25) is 0 Å². The van der Waals surface area contributed by atoms with E-state index < -0.39 is 4.92 Å². The van der Waals surface area contributed by atoms with E-state index in [1.165, 1.54) is 17.8 Å². The highest BCUT2D eigenvalue weighted by Gasteiger charge is 2.16. The Morgan fingerprint density at radius 1 is 1.24 bits per heavy atom. The second-order valence-corrected chi connectivity index (χ2v) is 5.05. The number of rotatable bonds is 4. The second kappa shape index (κ2) is 6.29. The van der Waals surface area contributed by atoms with E-state index in [0.717, 1.165) is 4.90 Å². The number of nitro benzene ring substituents is 1. The van der Waals surface area contributed by atoms with Gasteiger partial charge in [0.2, 0.25) is 0 Å². The van der Waals surface area contributed by atoms with Gasteiger partial charge in [-0.3, -0.25) is 10.1 Å². The molecule has 0 fully saturated rings. The molecular weight excluding hydrogens is 288 g/mol. The third kappa shape index (κ3) is 2.98. The summed E-state index contributed by atoms with van der Waals surface area (Å²) in [5, 5.41) is 20.2. The summed E-state index contributed by atoms with van der Waals surface area (Å²) in [5.74, 6) is 0.770. The Morgan fingerprint density at radius 3 is 2.52 bits per heavy atom. The zero-order valence-electron chi connectivity index (χ0n) is 11.5. The lowest BCUT2D eigenvalue weighted by atomic mass is 10.1. The second-order valence-electron chi connectivity index (χ2n) is 4.20. The molecule has 0 amide bonds. The van der Waals surface area contributed by atoms with Crippen molar-refractivity contribution in [1.82, 2.24) is 0 Å². The van der Waals surface area contributed by atoms with Crippen molar-refractivity contribution < 1.29 is 9.66 Å². The lowest BCUT2D eigenvalue weighted by Crippen LogP contribution is -1.96. The lowest BCUT2D eigenvalue weighted by Gasteiger charge is -2.11. The van der Waals surface area contributed by atoms with Crippen LogP contribution in [0.1, 0.15) is 11.1 Å². The molecule has 0 aliphatic rings. The van der Waals surface area contributed by atoms with Crippen molar-refractivity contribution in [3.8, 4) is 17.6 Å². The van der Waals surface area contributed by atoms with Crippen LogP contribution < -0.4 is 4.74 Å². The molecule has 0 saturated carbocycles. The maximum atomic E-state index is 10.9. The van der Waals surface area contributed by atoms with Gasteiger partial charge < -0.3 is 4.74 Å². The van der Waals surface area contributed by atoms with E-state index in [1.807, 2.05) is 12.3 Å². The van der Waals surface area contributed by atoms with Crippen LogP contribution in [0.5, 0.6) is 11.5 Å². The molecule has 106 valence electrons. The van der Waals surface area contributed by atoms with Crippen molar-refractivity contribution in [2.75, 3.05) is 6.26 Å². The van der Waals surface area contributed by atoms with Gasteiger partial charge in [-0.15, -0.1) is 11.8 Å². The Morgan fingerprint density at radius 2 is 1.90 bits per heavy atom. The van der Waals surface area contributed by atoms with Gasteiger partial charge in [0, 0.05) is 11.0 Å². The third-order valence-corrected chi connectivity index (χ3v) is 3.77. The van der Waals surface area contributed by atoms with Crippen LogP contribution in [0, 0.1) is 28.4 Å². The highest BCUT2D eigenvalue weighted by molar-refractivity contribution is 7.98. The third-order valence-electron chi connectivity index (χ3n) is 2.99. The van der Waals surface area contributed by atoms with E-state index >= 15 is 0 Å². The number of hydrogen-bond acceptors (Lipinski definition) is 5. The number of ether oxygens (including phenoxy) is 1. The first-order valence-corrected chi connectivity index (χ1v) is 7.30.